The molecule has 5 nitrogen and oxygen atoms in total. The van der Waals surface area contributed by atoms with Gasteiger partial charge in [-0.05, 0) is 40.6 Å². The molecule has 2 aromatic rings. The van der Waals surface area contributed by atoms with Crippen molar-refractivity contribution in [3.05, 3.63) is 60.7 Å². The lowest BCUT2D eigenvalue weighted by molar-refractivity contribution is -0.140. The zero-order chi connectivity index (χ0) is 26.9. The van der Waals surface area contributed by atoms with Crippen LogP contribution in [0.25, 0.3) is 0 Å². The van der Waals surface area contributed by atoms with E-state index in [1.165, 1.54) is 17.5 Å². The summed E-state index contributed by atoms with van der Waals surface area (Å²) >= 11 is 0. The van der Waals surface area contributed by atoms with Crippen molar-refractivity contribution in [1.29, 1.82) is 0 Å². The molecule has 0 heterocycles. The molecule has 0 spiro atoms. The second-order valence-corrected chi connectivity index (χ2v) is 15.9. The molecule has 204 valence electrons. The normalized spacial score (nSPS) is 22.2. The zero-order valence-electron chi connectivity index (χ0n) is 23.1. The topological polar surface area (TPSA) is 76.0 Å². The molecule has 0 unspecified atom stereocenters. The summed E-state index contributed by atoms with van der Waals surface area (Å²) < 4.78 is 11.8. The predicted octanol–water partition coefficient (Wildman–Crippen LogP) is 4.82. The third kappa shape index (κ3) is 7.32. The number of carbonyl (C=O) groups excluding carboxylic acids is 1. The molecule has 6 heteroatoms. The second kappa shape index (κ2) is 13.7. The van der Waals surface area contributed by atoms with Crippen molar-refractivity contribution in [3.63, 3.8) is 0 Å². The molecule has 4 atom stereocenters. The van der Waals surface area contributed by atoms with E-state index in [-0.39, 0.29) is 22.8 Å². The van der Waals surface area contributed by atoms with Gasteiger partial charge in [0.2, 0.25) is 0 Å². The fraction of sp³-hybridized carbons (Fsp3) is 0.581. The Labute approximate surface area is 224 Å². The van der Waals surface area contributed by atoms with E-state index in [2.05, 4.69) is 69.3 Å². The number of aliphatic hydroxyl groups excluding tert-OH is 2. The first-order valence-electron chi connectivity index (χ1n) is 13.9. The van der Waals surface area contributed by atoms with Gasteiger partial charge in [0.25, 0.3) is 8.32 Å². The molecule has 0 saturated heterocycles. The van der Waals surface area contributed by atoms with Crippen molar-refractivity contribution in [2.24, 2.45) is 11.8 Å². The molecule has 0 aliphatic heterocycles. The van der Waals surface area contributed by atoms with Crippen LogP contribution in [0.3, 0.4) is 0 Å². The zero-order valence-corrected chi connectivity index (χ0v) is 24.1. The van der Waals surface area contributed by atoms with Crippen molar-refractivity contribution < 1.29 is 24.2 Å². The van der Waals surface area contributed by atoms with Crippen molar-refractivity contribution in [1.82, 2.24) is 0 Å². The summed E-state index contributed by atoms with van der Waals surface area (Å²) in [5, 5.41) is 24.1. The van der Waals surface area contributed by atoms with E-state index in [1.54, 1.807) is 0 Å². The lowest BCUT2D eigenvalue weighted by Crippen LogP contribution is -2.67. The van der Waals surface area contributed by atoms with Crippen LogP contribution in [0.15, 0.2) is 60.7 Å². The van der Waals surface area contributed by atoms with E-state index in [9.17, 15) is 15.0 Å². The highest BCUT2D eigenvalue weighted by atomic mass is 28.4. The van der Waals surface area contributed by atoms with Gasteiger partial charge in [0, 0.05) is 18.9 Å². The summed E-state index contributed by atoms with van der Waals surface area (Å²) in [5.74, 6) is -0.203. The van der Waals surface area contributed by atoms with Gasteiger partial charge in [0.05, 0.1) is 19.3 Å². The monoisotopic (exact) mass is 526 g/mol. The number of methoxy groups -OCH3 is 1. The minimum absolute atomic E-state index is 0.0308. The van der Waals surface area contributed by atoms with Crippen molar-refractivity contribution in [2.75, 3.05) is 13.7 Å². The number of unbranched alkanes of at least 4 members (excludes halogenated alkanes) is 4. The van der Waals surface area contributed by atoms with Gasteiger partial charge in [-0.1, -0.05) is 107 Å². The third-order valence-corrected chi connectivity index (χ3v) is 13.1. The van der Waals surface area contributed by atoms with Crippen LogP contribution in [0, 0.1) is 11.8 Å². The lowest BCUT2D eigenvalue weighted by Gasteiger charge is -2.44. The largest absolute Gasteiger partial charge is 0.469 e. The number of benzene rings is 2. The Morgan fingerprint density at radius 3 is 1.89 bits per heavy atom. The molecule has 2 N–H and O–H groups in total. The first kappa shape index (κ1) is 29.6. The van der Waals surface area contributed by atoms with Crippen LogP contribution in [-0.2, 0) is 14.0 Å². The number of esters is 1. The third-order valence-electron chi connectivity index (χ3n) is 8.08. The molecule has 1 saturated carbocycles. The van der Waals surface area contributed by atoms with Gasteiger partial charge in [-0.25, -0.2) is 0 Å². The fourth-order valence-corrected chi connectivity index (χ4v) is 10.7. The molecule has 2 aromatic carbocycles. The fourth-order valence-electron chi connectivity index (χ4n) is 6.07. The van der Waals surface area contributed by atoms with Gasteiger partial charge >= 0.3 is 5.97 Å². The maximum Gasteiger partial charge on any atom is 0.305 e. The Morgan fingerprint density at radius 2 is 1.35 bits per heavy atom. The van der Waals surface area contributed by atoms with Gasteiger partial charge < -0.3 is 19.4 Å². The summed E-state index contributed by atoms with van der Waals surface area (Å²) in [5.41, 5.74) is 0. The average Bonchev–Trinajstić information content (AvgIpc) is 3.15. The summed E-state index contributed by atoms with van der Waals surface area (Å²) in [6.07, 6.45) is 5.70. The van der Waals surface area contributed by atoms with Gasteiger partial charge in [-0.15, -0.1) is 0 Å². The van der Waals surface area contributed by atoms with Gasteiger partial charge in [-0.3, -0.25) is 4.79 Å². The molecule has 37 heavy (non-hydrogen) atoms. The van der Waals surface area contributed by atoms with E-state index in [0.29, 0.717) is 19.4 Å². The molecule has 0 bridgehead atoms. The van der Waals surface area contributed by atoms with Crippen LogP contribution in [0.1, 0.15) is 72.1 Å². The van der Waals surface area contributed by atoms with Crippen LogP contribution in [0.2, 0.25) is 5.04 Å². The number of rotatable bonds is 13. The minimum Gasteiger partial charge on any atom is -0.469 e. The Bertz CT molecular complexity index is 904. The summed E-state index contributed by atoms with van der Waals surface area (Å²) in [4.78, 5) is 11.3. The molecule has 1 aliphatic rings. The van der Waals surface area contributed by atoms with E-state index in [1.807, 2.05) is 12.1 Å². The van der Waals surface area contributed by atoms with Crippen LogP contribution < -0.4 is 10.4 Å². The average molecular weight is 527 g/mol. The van der Waals surface area contributed by atoms with Crippen molar-refractivity contribution in [2.45, 2.75) is 89.4 Å². The SMILES string of the molecule is COC(=O)CCCCCCC[C@H]1[C@@H](CO[Si](c2ccccc2)(c2ccccc2)C(C)(C)C)[C@@H](O)C[C@H]1O. The van der Waals surface area contributed by atoms with E-state index >= 15 is 0 Å². The van der Waals surface area contributed by atoms with E-state index < -0.39 is 20.5 Å². The standard InChI is InChI=1S/C31H46O5Si/c1-31(2,3)37(24-16-10-8-11-17-24,25-18-12-9-13-19-25)36-23-27-26(28(32)22-29(27)33)20-14-6-5-7-15-21-30(34)35-4/h8-13,16-19,26-29,32-33H,5-7,14-15,20-23H2,1-4H3/t26-,27+,28+,29-/m0/s1. The Balaban J connectivity index is 1.71. The summed E-state index contributed by atoms with van der Waals surface area (Å²) in [6, 6.07) is 21.1. The van der Waals surface area contributed by atoms with Crippen LogP contribution in [-0.4, -0.2) is 50.4 Å². The molecular weight excluding hydrogens is 480 g/mol. The molecule has 0 amide bonds. The first-order chi connectivity index (χ1) is 17.7. The summed E-state index contributed by atoms with van der Waals surface area (Å²) in [7, 11) is -1.27. The molecule has 3 rings (SSSR count). The number of aliphatic hydroxyl groups is 2. The maximum atomic E-state index is 11.3. The number of hydrogen-bond acceptors (Lipinski definition) is 5. The highest BCUT2D eigenvalue weighted by Gasteiger charge is 2.51. The smallest absolute Gasteiger partial charge is 0.305 e. The molecular formula is C31H46O5Si. The maximum absolute atomic E-state index is 11.3. The minimum atomic E-state index is -2.69. The number of ether oxygens (including phenoxy) is 1. The van der Waals surface area contributed by atoms with E-state index in [4.69, 9.17) is 9.16 Å². The summed E-state index contributed by atoms with van der Waals surface area (Å²) in [6.45, 7) is 7.22. The van der Waals surface area contributed by atoms with Crippen molar-refractivity contribution >= 4 is 24.7 Å². The van der Waals surface area contributed by atoms with Crippen LogP contribution >= 0.6 is 0 Å². The van der Waals surface area contributed by atoms with Gasteiger partial charge in [0.1, 0.15) is 0 Å². The number of carbonyl (C=O) groups is 1. The Morgan fingerprint density at radius 1 is 0.838 bits per heavy atom. The Hall–Kier alpha value is -1.99. The predicted molar refractivity (Wildman–Crippen MR) is 152 cm³/mol. The second-order valence-electron chi connectivity index (χ2n) is 11.6. The van der Waals surface area contributed by atoms with Gasteiger partial charge in [0.15, 0.2) is 0 Å². The van der Waals surface area contributed by atoms with Crippen molar-refractivity contribution in [3.8, 4) is 0 Å². The van der Waals surface area contributed by atoms with Gasteiger partial charge in [-0.2, -0.15) is 0 Å². The quantitative estimate of drug-likeness (QED) is 0.222. The van der Waals surface area contributed by atoms with Crippen LogP contribution in [0.5, 0.6) is 0 Å². The highest BCUT2D eigenvalue weighted by molar-refractivity contribution is 6.99. The molecule has 0 aromatic heterocycles. The molecule has 1 fully saturated rings. The highest BCUT2D eigenvalue weighted by Crippen LogP contribution is 2.40. The lowest BCUT2D eigenvalue weighted by atomic mass is 9.89. The Kier molecular flexibility index (Phi) is 10.9. The van der Waals surface area contributed by atoms with Crippen LogP contribution in [0.4, 0.5) is 0 Å². The molecule has 1 aliphatic carbocycles. The van der Waals surface area contributed by atoms with E-state index in [0.717, 1.165) is 38.5 Å². The number of hydrogen-bond donors (Lipinski definition) is 2. The first-order valence-corrected chi connectivity index (χ1v) is 15.8. The molecule has 0 radical (unpaired) electrons.